The Bertz CT molecular complexity index is 792. The Labute approximate surface area is 144 Å². The van der Waals surface area contributed by atoms with Crippen LogP contribution in [0.2, 0.25) is 0 Å². The maximum atomic E-state index is 13.8. The van der Waals surface area contributed by atoms with Gasteiger partial charge < -0.3 is 10.2 Å². The summed E-state index contributed by atoms with van der Waals surface area (Å²) in [6.07, 6.45) is 0.573. The minimum absolute atomic E-state index is 0.0337. The number of para-hydroxylation sites is 1. The molecule has 0 unspecified atom stereocenters. The third-order valence-corrected chi connectivity index (χ3v) is 4.53. The van der Waals surface area contributed by atoms with Crippen molar-refractivity contribution in [2.45, 2.75) is 12.3 Å². The summed E-state index contributed by atoms with van der Waals surface area (Å²) in [4.78, 5) is 26.8. The Kier molecular flexibility index (Phi) is 4.79. The van der Waals surface area contributed by atoms with Gasteiger partial charge in [-0.05, 0) is 36.2 Å². The smallest absolute Gasteiger partial charge is 0.237 e. The standard InChI is InChI=1S/C19H18F2N2O2/c1-23-11-10-14(12-6-8-13(20)9-7-12)17(19(23)25)18(24)22-16-5-3-2-4-15(16)21/h2-9,14,17H,10-11H2,1H3,(H,22,24)/t14-,17+/m1/s1. The second-order valence-electron chi connectivity index (χ2n) is 6.15. The molecule has 1 saturated heterocycles. The number of nitrogens with zero attached hydrogens (tertiary/aromatic N) is 1. The van der Waals surface area contributed by atoms with Crippen LogP contribution in [0.1, 0.15) is 17.9 Å². The molecule has 2 aromatic carbocycles. The summed E-state index contributed by atoms with van der Waals surface area (Å²) in [6.45, 7) is 0.504. The molecule has 4 nitrogen and oxygen atoms in total. The molecule has 130 valence electrons. The lowest BCUT2D eigenvalue weighted by Crippen LogP contribution is -2.47. The van der Waals surface area contributed by atoms with E-state index < -0.39 is 17.6 Å². The van der Waals surface area contributed by atoms with Crippen molar-refractivity contribution < 1.29 is 18.4 Å². The monoisotopic (exact) mass is 344 g/mol. The number of hydrogen-bond donors (Lipinski definition) is 1. The van der Waals surface area contributed by atoms with E-state index in [2.05, 4.69) is 5.32 Å². The average molecular weight is 344 g/mol. The molecule has 1 N–H and O–H groups in total. The normalized spacial score (nSPS) is 20.4. The number of benzene rings is 2. The molecule has 1 heterocycles. The number of piperidine rings is 1. The molecule has 2 aromatic rings. The van der Waals surface area contributed by atoms with Crippen LogP contribution in [-0.2, 0) is 9.59 Å². The quantitative estimate of drug-likeness (QED) is 0.870. The Morgan fingerprint density at radius 1 is 1.12 bits per heavy atom. The molecule has 0 radical (unpaired) electrons. The number of amides is 2. The maximum absolute atomic E-state index is 13.8. The largest absolute Gasteiger partial charge is 0.345 e. The predicted octanol–water partition coefficient (Wildman–Crippen LogP) is 3.17. The van der Waals surface area contributed by atoms with Gasteiger partial charge in [0, 0.05) is 19.5 Å². The Balaban J connectivity index is 1.90. The zero-order valence-corrected chi connectivity index (χ0v) is 13.7. The molecule has 25 heavy (non-hydrogen) atoms. The minimum atomic E-state index is -0.983. The molecular formula is C19H18F2N2O2. The lowest BCUT2D eigenvalue weighted by Gasteiger charge is -2.35. The summed E-state index contributed by atoms with van der Waals surface area (Å²) in [5.41, 5.74) is 0.753. The highest BCUT2D eigenvalue weighted by molar-refractivity contribution is 6.07. The van der Waals surface area contributed by atoms with Gasteiger partial charge >= 0.3 is 0 Å². The molecule has 0 saturated carbocycles. The molecule has 1 fully saturated rings. The van der Waals surface area contributed by atoms with Crippen molar-refractivity contribution in [3.8, 4) is 0 Å². The van der Waals surface area contributed by atoms with E-state index in [1.165, 1.54) is 35.2 Å². The van der Waals surface area contributed by atoms with E-state index in [1.807, 2.05) is 0 Å². The zero-order chi connectivity index (χ0) is 18.0. The summed E-state index contributed by atoms with van der Waals surface area (Å²) in [5.74, 6) is -3.19. The lowest BCUT2D eigenvalue weighted by molar-refractivity contribution is -0.143. The molecule has 6 heteroatoms. The number of hydrogen-bond acceptors (Lipinski definition) is 2. The van der Waals surface area contributed by atoms with E-state index in [0.29, 0.717) is 13.0 Å². The second-order valence-corrected chi connectivity index (χ2v) is 6.15. The SMILES string of the molecule is CN1CC[C@H](c2ccc(F)cc2)[C@@H](C(=O)Nc2ccccc2F)C1=O. The van der Waals surface area contributed by atoms with Gasteiger partial charge in [0.25, 0.3) is 0 Å². The summed E-state index contributed by atoms with van der Waals surface area (Å²) < 4.78 is 27.0. The van der Waals surface area contributed by atoms with Crippen LogP contribution in [0.5, 0.6) is 0 Å². The number of carbonyl (C=O) groups excluding carboxylic acids is 2. The van der Waals surface area contributed by atoms with Gasteiger partial charge in [-0.3, -0.25) is 9.59 Å². The van der Waals surface area contributed by atoms with Gasteiger partial charge in [-0.1, -0.05) is 24.3 Å². The van der Waals surface area contributed by atoms with Gasteiger partial charge in [0.05, 0.1) is 5.69 Å². The first-order chi connectivity index (χ1) is 12.0. The number of likely N-dealkylation sites (tertiary alicyclic amines) is 1. The highest BCUT2D eigenvalue weighted by Crippen LogP contribution is 2.34. The summed E-state index contributed by atoms with van der Waals surface area (Å²) in [5, 5.41) is 2.51. The lowest BCUT2D eigenvalue weighted by atomic mass is 9.79. The van der Waals surface area contributed by atoms with E-state index in [9.17, 15) is 18.4 Å². The number of halogens is 2. The zero-order valence-electron chi connectivity index (χ0n) is 13.7. The number of carbonyl (C=O) groups is 2. The highest BCUT2D eigenvalue weighted by atomic mass is 19.1. The van der Waals surface area contributed by atoms with Crippen molar-refractivity contribution in [2.24, 2.45) is 5.92 Å². The maximum Gasteiger partial charge on any atom is 0.237 e. The van der Waals surface area contributed by atoms with Crippen LogP contribution in [0.3, 0.4) is 0 Å². The van der Waals surface area contributed by atoms with Gasteiger partial charge in [0.2, 0.25) is 11.8 Å². The van der Waals surface area contributed by atoms with Crippen molar-refractivity contribution in [1.82, 2.24) is 4.90 Å². The molecule has 3 rings (SSSR count). The van der Waals surface area contributed by atoms with Gasteiger partial charge in [-0.25, -0.2) is 8.78 Å². The molecule has 0 aliphatic carbocycles. The first kappa shape index (κ1) is 17.1. The Hall–Kier alpha value is -2.76. The molecule has 0 bridgehead atoms. The summed E-state index contributed by atoms with van der Waals surface area (Å²) in [7, 11) is 1.63. The molecular weight excluding hydrogens is 326 g/mol. The van der Waals surface area contributed by atoms with Crippen LogP contribution < -0.4 is 5.32 Å². The second kappa shape index (κ2) is 7.01. The van der Waals surface area contributed by atoms with Crippen molar-refractivity contribution in [1.29, 1.82) is 0 Å². The van der Waals surface area contributed by atoms with Crippen molar-refractivity contribution >= 4 is 17.5 Å². The van der Waals surface area contributed by atoms with Crippen molar-refractivity contribution in [3.05, 3.63) is 65.7 Å². The van der Waals surface area contributed by atoms with E-state index in [4.69, 9.17) is 0 Å². The highest BCUT2D eigenvalue weighted by Gasteiger charge is 2.41. The first-order valence-corrected chi connectivity index (χ1v) is 8.03. The fraction of sp³-hybridized carbons (Fsp3) is 0.263. The number of nitrogens with one attached hydrogen (secondary N) is 1. The van der Waals surface area contributed by atoms with Crippen LogP contribution in [-0.4, -0.2) is 30.3 Å². The fourth-order valence-corrected chi connectivity index (χ4v) is 3.16. The molecule has 0 spiro atoms. The molecule has 2 atom stereocenters. The first-order valence-electron chi connectivity index (χ1n) is 8.03. The van der Waals surface area contributed by atoms with Crippen molar-refractivity contribution in [2.75, 3.05) is 18.9 Å². The van der Waals surface area contributed by atoms with Crippen LogP contribution >= 0.6 is 0 Å². The molecule has 0 aromatic heterocycles. The van der Waals surface area contributed by atoms with E-state index >= 15 is 0 Å². The Morgan fingerprint density at radius 2 is 1.80 bits per heavy atom. The van der Waals surface area contributed by atoms with E-state index in [1.54, 1.807) is 25.2 Å². The molecule has 2 amide bonds. The molecule has 1 aliphatic heterocycles. The van der Waals surface area contributed by atoms with Gasteiger partial charge in [-0.15, -0.1) is 0 Å². The topological polar surface area (TPSA) is 49.4 Å². The Morgan fingerprint density at radius 3 is 2.48 bits per heavy atom. The third-order valence-electron chi connectivity index (χ3n) is 4.53. The van der Waals surface area contributed by atoms with Crippen LogP contribution in [0.15, 0.2) is 48.5 Å². The van der Waals surface area contributed by atoms with Crippen molar-refractivity contribution in [3.63, 3.8) is 0 Å². The van der Waals surface area contributed by atoms with Crippen LogP contribution in [0.4, 0.5) is 14.5 Å². The van der Waals surface area contributed by atoms with Gasteiger partial charge in [0.15, 0.2) is 0 Å². The predicted molar refractivity (Wildman–Crippen MR) is 89.9 cm³/mol. The minimum Gasteiger partial charge on any atom is -0.345 e. The average Bonchev–Trinajstić information content (AvgIpc) is 2.60. The van der Waals surface area contributed by atoms with Gasteiger partial charge in [-0.2, -0.15) is 0 Å². The molecule has 1 aliphatic rings. The van der Waals surface area contributed by atoms with E-state index in [-0.39, 0.29) is 23.3 Å². The van der Waals surface area contributed by atoms with Gasteiger partial charge in [0.1, 0.15) is 17.6 Å². The van der Waals surface area contributed by atoms with E-state index in [0.717, 1.165) is 5.56 Å². The summed E-state index contributed by atoms with van der Waals surface area (Å²) in [6, 6.07) is 11.6. The third kappa shape index (κ3) is 3.52. The fourth-order valence-electron chi connectivity index (χ4n) is 3.16. The number of anilines is 1. The van der Waals surface area contributed by atoms with Crippen LogP contribution in [0, 0.1) is 17.6 Å². The van der Waals surface area contributed by atoms with Crippen LogP contribution in [0.25, 0.3) is 0 Å². The summed E-state index contributed by atoms with van der Waals surface area (Å²) >= 11 is 0. The number of rotatable bonds is 3.